The molecular formula is C13H20N2O4. The average Bonchev–Trinajstić information content (AvgIpc) is 2.76. The minimum absolute atomic E-state index is 0.209. The molecule has 0 aliphatic carbocycles. The molecule has 1 aromatic rings. The van der Waals surface area contributed by atoms with Crippen molar-refractivity contribution in [2.24, 2.45) is 0 Å². The van der Waals surface area contributed by atoms with E-state index >= 15 is 0 Å². The zero-order valence-corrected chi connectivity index (χ0v) is 11.6. The van der Waals surface area contributed by atoms with Crippen molar-refractivity contribution in [1.29, 1.82) is 0 Å². The normalized spacial score (nSPS) is 10.3. The Morgan fingerprint density at radius 3 is 2.74 bits per heavy atom. The molecule has 1 N–H and O–H groups in total. The predicted octanol–water partition coefficient (Wildman–Crippen LogP) is 1.62. The zero-order chi connectivity index (χ0) is 14.3. The number of ether oxygens (including phenoxy) is 1. The first kappa shape index (κ1) is 15.2. The monoisotopic (exact) mass is 268 g/mol. The quantitative estimate of drug-likeness (QED) is 0.600. The summed E-state index contributed by atoms with van der Waals surface area (Å²) in [6.07, 6.45) is 1.50. The number of rotatable bonds is 7. The number of aryl methyl sites for hydroxylation is 2. The molecule has 0 fully saturated rings. The molecule has 19 heavy (non-hydrogen) atoms. The van der Waals surface area contributed by atoms with Gasteiger partial charge in [0.15, 0.2) is 0 Å². The van der Waals surface area contributed by atoms with Crippen molar-refractivity contribution in [2.45, 2.75) is 40.0 Å². The Labute approximate surface area is 112 Å². The Morgan fingerprint density at radius 2 is 2.11 bits per heavy atom. The van der Waals surface area contributed by atoms with Crippen molar-refractivity contribution < 1.29 is 18.8 Å². The standard InChI is InChI=1S/C13H20N2O4/c1-4-10-12(9(3)19-15-10)13(17)14-8-6-7-11(16)18-5-2/h4-8H2,1-3H3,(H,14,17). The summed E-state index contributed by atoms with van der Waals surface area (Å²) in [5, 5.41) is 6.58. The van der Waals surface area contributed by atoms with Gasteiger partial charge in [0.1, 0.15) is 11.3 Å². The molecule has 1 heterocycles. The maximum absolute atomic E-state index is 11.9. The van der Waals surface area contributed by atoms with Gasteiger partial charge in [-0.05, 0) is 26.7 Å². The van der Waals surface area contributed by atoms with E-state index in [1.807, 2.05) is 6.92 Å². The molecule has 0 spiro atoms. The lowest BCUT2D eigenvalue weighted by Gasteiger charge is -2.05. The first-order valence-corrected chi connectivity index (χ1v) is 6.49. The topological polar surface area (TPSA) is 81.4 Å². The lowest BCUT2D eigenvalue weighted by molar-refractivity contribution is -0.143. The number of hydrogen-bond donors (Lipinski definition) is 1. The van der Waals surface area contributed by atoms with E-state index < -0.39 is 0 Å². The number of carbonyl (C=O) groups excluding carboxylic acids is 2. The summed E-state index contributed by atoms with van der Waals surface area (Å²) < 4.78 is 9.80. The molecule has 0 aromatic carbocycles. The van der Waals surface area contributed by atoms with Gasteiger partial charge >= 0.3 is 5.97 Å². The van der Waals surface area contributed by atoms with Gasteiger partial charge in [0.2, 0.25) is 0 Å². The van der Waals surface area contributed by atoms with Crippen LogP contribution in [-0.2, 0) is 16.0 Å². The molecule has 0 unspecified atom stereocenters. The molecule has 6 nitrogen and oxygen atoms in total. The summed E-state index contributed by atoms with van der Waals surface area (Å²) in [5.74, 6) is 0.0614. The molecule has 6 heteroatoms. The second-order valence-corrected chi connectivity index (χ2v) is 4.08. The van der Waals surface area contributed by atoms with Crippen molar-refractivity contribution in [3.05, 3.63) is 17.0 Å². The molecule has 0 saturated heterocycles. The summed E-state index contributed by atoms with van der Waals surface area (Å²) in [6.45, 7) is 6.19. The largest absolute Gasteiger partial charge is 0.466 e. The van der Waals surface area contributed by atoms with E-state index in [1.54, 1.807) is 13.8 Å². The van der Waals surface area contributed by atoms with Crippen LogP contribution >= 0.6 is 0 Å². The molecule has 0 aliphatic heterocycles. The van der Waals surface area contributed by atoms with Crippen molar-refractivity contribution in [1.82, 2.24) is 10.5 Å². The molecule has 0 bridgehead atoms. The maximum atomic E-state index is 11.9. The third-order valence-corrected chi connectivity index (χ3v) is 2.64. The first-order chi connectivity index (χ1) is 9.10. The van der Waals surface area contributed by atoms with E-state index in [0.717, 1.165) is 0 Å². The number of amides is 1. The van der Waals surface area contributed by atoms with Crippen molar-refractivity contribution in [3.63, 3.8) is 0 Å². The van der Waals surface area contributed by atoms with Crippen LogP contribution in [0.4, 0.5) is 0 Å². The van der Waals surface area contributed by atoms with Gasteiger partial charge in [0.25, 0.3) is 5.91 Å². The lowest BCUT2D eigenvalue weighted by Crippen LogP contribution is -2.26. The summed E-state index contributed by atoms with van der Waals surface area (Å²) in [5.41, 5.74) is 1.15. The van der Waals surface area contributed by atoms with Crippen molar-refractivity contribution in [3.8, 4) is 0 Å². The molecule has 1 rings (SSSR count). The fraction of sp³-hybridized carbons (Fsp3) is 0.615. The van der Waals surface area contributed by atoms with Gasteiger partial charge < -0.3 is 14.6 Å². The minimum atomic E-state index is -0.243. The molecule has 1 amide bonds. The summed E-state index contributed by atoms with van der Waals surface area (Å²) in [7, 11) is 0. The summed E-state index contributed by atoms with van der Waals surface area (Å²) in [4.78, 5) is 23.1. The van der Waals surface area contributed by atoms with E-state index in [1.165, 1.54) is 0 Å². The van der Waals surface area contributed by atoms with Gasteiger partial charge in [0, 0.05) is 13.0 Å². The van der Waals surface area contributed by atoms with Gasteiger partial charge in [-0.15, -0.1) is 0 Å². The van der Waals surface area contributed by atoms with E-state index in [9.17, 15) is 9.59 Å². The Bertz CT molecular complexity index is 440. The number of nitrogens with one attached hydrogen (secondary N) is 1. The third-order valence-electron chi connectivity index (χ3n) is 2.64. The van der Waals surface area contributed by atoms with Crippen LogP contribution in [0.3, 0.4) is 0 Å². The SMILES string of the molecule is CCOC(=O)CCCNC(=O)c1c(CC)noc1C. The second kappa shape index (κ2) is 7.56. The molecule has 0 saturated carbocycles. The van der Waals surface area contributed by atoms with Gasteiger partial charge in [0.05, 0.1) is 12.3 Å². The first-order valence-electron chi connectivity index (χ1n) is 6.49. The highest BCUT2D eigenvalue weighted by atomic mass is 16.5. The molecule has 0 radical (unpaired) electrons. The molecule has 106 valence electrons. The van der Waals surface area contributed by atoms with Gasteiger partial charge in [-0.2, -0.15) is 0 Å². The lowest BCUT2D eigenvalue weighted by atomic mass is 10.1. The average molecular weight is 268 g/mol. The second-order valence-electron chi connectivity index (χ2n) is 4.08. The van der Waals surface area contributed by atoms with Crippen LogP contribution in [0.25, 0.3) is 0 Å². The van der Waals surface area contributed by atoms with Crippen molar-refractivity contribution >= 4 is 11.9 Å². The van der Waals surface area contributed by atoms with Crippen LogP contribution in [0.15, 0.2) is 4.52 Å². The maximum Gasteiger partial charge on any atom is 0.305 e. The Hall–Kier alpha value is -1.85. The number of esters is 1. The van der Waals surface area contributed by atoms with Gasteiger partial charge in [-0.25, -0.2) is 0 Å². The fourth-order valence-corrected chi connectivity index (χ4v) is 1.71. The van der Waals surface area contributed by atoms with Crippen LogP contribution in [0.5, 0.6) is 0 Å². The van der Waals surface area contributed by atoms with Crippen LogP contribution in [-0.4, -0.2) is 30.2 Å². The molecular weight excluding hydrogens is 248 g/mol. The van der Waals surface area contributed by atoms with Gasteiger partial charge in [-0.3, -0.25) is 9.59 Å². The smallest absolute Gasteiger partial charge is 0.305 e. The zero-order valence-electron chi connectivity index (χ0n) is 11.6. The van der Waals surface area contributed by atoms with E-state index in [4.69, 9.17) is 9.26 Å². The van der Waals surface area contributed by atoms with E-state index in [0.29, 0.717) is 49.4 Å². The summed E-state index contributed by atoms with van der Waals surface area (Å²) in [6, 6.07) is 0. The van der Waals surface area contributed by atoms with E-state index in [-0.39, 0.29) is 11.9 Å². The number of carbonyl (C=O) groups is 2. The fourth-order valence-electron chi connectivity index (χ4n) is 1.71. The molecule has 0 aliphatic rings. The number of nitrogens with zero attached hydrogens (tertiary/aromatic N) is 1. The van der Waals surface area contributed by atoms with Crippen LogP contribution in [0.1, 0.15) is 48.5 Å². The summed E-state index contributed by atoms with van der Waals surface area (Å²) >= 11 is 0. The minimum Gasteiger partial charge on any atom is -0.466 e. The Morgan fingerprint density at radius 1 is 1.37 bits per heavy atom. The number of aromatic nitrogens is 1. The van der Waals surface area contributed by atoms with Crippen LogP contribution in [0, 0.1) is 6.92 Å². The molecule has 1 aromatic heterocycles. The van der Waals surface area contributed by atoms with Gasteiger partial charge in [-0.1, -0.05) is 12.1 Å². The van der Waals surface area contributed by atoms with E-state index in [2.05, 4.69) is 10.5 Å². The predicted molar refractivity (Wildman–Crippen MR) is 68.8 cm³/mol. The number of hydrogen-bond acceptors (Lipinski definition) is 5. The highest BCUT2D eigenvalue weighted by molar-refractivity contribution is 5.96. The Kier molecular flexibility index (Phi) is 6.05. The molecule has 0 atom stereocenters. The third kappa shape index (κ3) is 4.39. The van der Waals surface area contributed by atoms with Crippen LogP contribution < -0.4 is 5.32 Å². The highest BCUT2D eigenvalue weighted by Crippen LogP contribution is 2.13. The highest BCUT2D eigenvalue weighted by Gasteiger charge is 2.18. The Balaban J connectivity index is 2.39. The van der Waals surface area contributed by atoms with Crippen LogP contribution in [0.2, 0.25) is 0 Å². The van der Waals surface area contributed by atoms with Crippen molar-refractivity contribution in [2.75, 3.05) is 13.2 Å².